The molecule has 0 spiro atoms. The standard InChI is InChI=1S/C11H13N3O2S/c1-14(4-5-15)10(16)7-2-3-8-9(6-7)17-11(12)13-8/h2-3,6,15H,4-5H2,1H3,(H2,12,13). The summed E-state index contributed by atoms with van der Waals surface area (Å²) in [4.78, 5) is 17.6. The van der Waals surface area contributed by atoms with Crippen LogP contribution in [0.5, 0.6) is 0 Å². The van der Waals surface area contributed by atoms with E-state index in [0.29, 0.717) is 17.2 Å². The molecule has 17 heavy (non-hydrogen) atoms. The number of nitrogens with zero attached hydrogens (tertiary/aromatic N) is 2. The number of nitrogens with two attached hydrogens (primary N) is 1. The van der Waals surface area contributed by atoms with E-state index in [1.54, 1.807) is 25.2 Å². The maximum Gasteiger partial charge on any atom is 0.253 e. The molecule has 0 fully saturated rings. The van der Waals surface area contributed by atoms with Crippen LogP contribution < -0.4 is 5.73 Å². The van der Waals surface area contributed by atoms with E-state index in [1.165, 1.54) is 16.2 Å². The number of carbonyl (C=O) groups is 1. The lowest BCUT2D eigenvalue weighted by Gasteiger charge is -2.15. The Hall–Kier alpha value is -1.66. The summed E-state index contributed by atoms with van der Waals surface area (Å²) in [5, 5.41) is 9.28. The number of thiazole rings is 1. The number of aromatic nitrogens is 1. The number of hydrogen-bond donors (Lipinski definition) is 2. The van der Waals surface area contributed by atoms with Crippen molar-refractivity contribution in [3.63, 3.8) is 0 Å². The minimum atomic E-state index is -0.118. The van der Waals surface area contributed by atoms with Gasteiger partial charge in [-0.05, 0) is 18.2 Å². The maximum absolute atomic E-state index is 12.0. The first kappa shape index (κ1) is 11.8. The van der Waals surface area contributed by atoms with Crippen molar-refractivity contribution < 1.29 is 9.90 Å². The SMILES string of the molecule is CN(CCO)C(=O)c1ccc2nc(N)sc2c1. The quantitative estimate of drug-likeness (QED) is 0.851. The van der Waals surface area contributed by atoms with Gasteiger partial charge in [-0.25, -0.2) is 4.98 Å². The zero-order valence-electron chi connectivity index (χ0n) is 9.38. The van der Waals surface area contributed by atoms with Crippen molar-refractivity contribution in [2.45, 2.75) is 0 Å². The van der Waals surface area contributed by atoms with Crippen molar-refractivity contribution in [3.05, 3.63) is 23.8 Å². The van der Waals surface area contributed by atoms with Gasteiger partial charge in [-0.2, -0.15) is 0 Å². The fourth-order valence-corrected chi connectivity index (χ4v) is 2.32. The fourth-order valence-electron chi connectivity index (χ4n) is 1.55. The Bertz CT molecular complexity index is 553. The van der Waals surface area contributed by atoms with Crippen LogP contribution in [0.15, 0.2) is 18.2 Å². The Kier molecular flexibility index (Phi) is 3.26. The molecule has 3 N–H and O–H groups in total. The molecule has 0 aliphatic carbocycles. The van der Waals surface area contributed by atoms with Gasteiger partial charge in [-0.3, -0.25) is 4.79 Å². The number of fused-ring (bicyclic) bond motifs is 1. The minimum Gasteiger partial charge on any atom is -0.395 e. The van der Waals surface area contributed by atoms with Crippen LogP contribution in [0.1, 0.15) is 10.4 Å². The molecule has 1 aromatic heterocycles. The number of hydrogen-bond acceptors (Lipinski definition) is 5. The highest BCUT2D eigenvalue weighted by atomic mass is 32.1. The summed E-state index contributed by atoms with van der Waals surface area (Å²) < 4.78 is 0.894. The van der Waals surface area contributed by atoms with Crippen LogP contribution in [0.25, 0.3) is 10.2 Å². The molecule has 0 bridgehead atoms. The molecule has 0 aliphatic heterocycles. The fraction of sp³-hybridized carbons (Fsp3) is 0.273. The van der Waals surface area contributed by atoms with Gasteiger partial charge in [0.2, 0.25) is 0 Å². The lowest BCUT2D eigenvalue weighted by molar-refractivity contribution is 0.0767. The van der Waals surface area contributed by atoms with Crippen LogP contribution in [0, 0.1) is 0 Å². The molecular weight excluding hydrogens is 238 g/mol. The van der Waals surface area contributed by atoms with E-state index in [4.69, 9.17) is 10.8 Å². The molecule has 0 aliphatic rings. The van der Waals surface area contributed by atoms with E-state index >= 15 is 0 Å². The normalized spacial score (nSPS) is 10.7. The van der Waals surface area contributed by atoms with Crippen molar-refractivity contribution in [2.24, 2.45) is 0 Å². The second kappa shape index (κ2) is 4.68. The number of aliphatic hydroxyl groups is 1. The molecule has 90 valence electrons. The minimum absolute atomic E-state index is 0.0437. The van der Waals surface area contributed by atoms with Crippen molar-refractivity contribution in [2.75, 3.05) is 25.9 Å². The Labute approximate surface area is 102 Å². The average Bonchev–Trinajstić information content (AvgIpc) is 2.67. The first-order valence-electron chi connectivity index (χ1n) is 5.14. The molecule has 2 aromatic rings. The van der Waals surface area contributed by atoms with Crippen LogP contribution in [-0.4, -0.2) is 41.1 Å². The summed E-state index contributed by atoms with van der Waals surface area (Å²) in [6, 6.07) is 5.28. The maximum atomic E-state index is 12.0. The van der Waals surface area contributed by atoms with Gasteiger partial charge in [0.1, 0.15) is 0 Å². The van der Waals surface area contributed by atoms with Gasteiger partial charge in [0.15, 0.2) is 5.13 Å². The zero-order valence-corrected chi connectivity index (χ0v) is 10.2. The number of anilines is 1. The number of amides is 1. The molecule has 0 unspecified atom stereocenters. The summed E-state index contributed by atoms with van der Waals surface area (Å²) in [5.74, 6) is -0.118. The predicted molar refractivity (Wildman–Crippen MR) is 68.1 cm³/mol. The van der Waals surface area contributed by atoms with Crippen LogP contribution in [0.2, 0.25) is 0 Å². The molecule has 0 atom stereocenters. The number of nitrogen functional groups attached to an aromatic ring is 1. The van der Waals surface area contributed by atoms with E-state index < -0.39 is 0 Å². The highest BCUT2D eigenvalue weighted by Gasteiger charge is 2.12. The lowest BCUT2D eigenvalue weighted by Crippen LogP contribution is -2.29. The van der Waals surface area contributed by atoms with Gasteiger partial charge in [0.25, 0.3) is 5.91 Å². The van der Waals surface area contributed by atoms with Crippen LogP contribution >= 0.6 is 11.3 Å². The Balaban J connectivity index is 2.32. The van der Waals surface area contributed by atoms with Gasteiger partial charge in [0, 0.05) is 19.2 Å². The Morgan fingerprint density at radius 3 is 3.06 bits per heavy atom. The summed E-state index contributed by atoms with van der Waals surface area (Å²) >= 11 is 1.36. The van der Waals surface area contributed by atoms with Crippen LogP contribution in [0.4, 0.5) is 5.13 Å². The highest BCUT2D eigenvalue weighted by molar-refractivity contribution is 7.22. The monoisotopic (exact) mass is 251 g/mol. The van der Waals surface area contributed by atoms with Gasteiger partial charge in [-0.1, -0.05) is 11.3 Å². The van der Waals surface area contributed by atoms with E-state index in [1.807, 2.05) is 0 Å². The Morgan fingerprint density at radius 2 is 2.35 bits per heavy atom. The summed E-state index contributed by atoms with van der Waals surface area (Å²) in [5.41, 5.74) is 6.98. The highest BCUT2D eigenvalue weighted by Crippen LogP contribution is 2.24. The summed E-state index contributed by atoms with van der Waals surface area (Å²) in [7, 11) is 1.66. The summed E-state index contributed by atoms with van der Waals surface area (Å²) in [6.45, 7) is 0.277. The molecule has 5 nitrogen and oxygen atoms in total. The van der Waals surface area contributed by atoms with E-state index in [-0.39, 0.29) is 12.5 Å². The first-order valence-corrected chi connectivity index (χ1v) is 5.96. The Morgan fingerprint density at radius 1 is 1.59 bits per heavy atom. The second-order valence-corrected chi connectivity index (χ2v) is 4.75. The molecule has 1 heterocycles. The lowest BCUT2D eigenvalue weighted by atomic mass is 10.2. The average molecular weight is 251 g/mol. The molecule has 0 radical (unpaired) electrons. The van der Waals surface area contributed by atoms with Crippen molar-refractivity contribution >= 4 is 32.6 Å². The number of likely N-dealkylation sites (N-methyl/N-ethyl adjacent to an activating group) is 1. The van der Waals surface area contributed by atoms with E-state index in [9.17, 15) is 4.79 Å². The third-order valence-electron chi connectivity index (χ3n) is 2.43. The smallest absolute Gasteiger partial charge is 0.253 e. The van der Waals surface area contributed by atoms with Crippen molar-refractivity contribution in [3.8, 4) is 0 Å². The first-order chi connectivity index (χ1) is 8.11. The molecule has 0 saturated heterocycles. The van der Waals surface area contributed by atoms with Gasteiger partial charge in [-0.15, -0.1) is 0 Å². The van der Waals surface area contributed by atoms with Crippen molar-refractivity contribution in [1.29, 1.82) is 0 Å². The largest absolute Gasteiger partial charge is 0.395 e. The second-order valence-electron chi connectivity index (χ2n) is 3.68. The van der Waals surface area contributed by atoms with Crippen molar-refractivity contribution in [1.82, 2.24) is 9.88 Å². The molecular formula is C11H13N3O2S. The number of carbonyl (C=O) groups excluding carboxylic acids is 1. The van der Waals surface area contributed by atoms with E-state index in [2.05, 4.69) is 4.98 Å². The summed E-state index contributed by atoms with van der Waals surface area (Å²) in [6.07, 6.45) is 0. The van der Waals surface area contributed by atoms with Gasteiger partial charge in [0.05, 0.1) is 16.8 Å². The van der Waals surface area contributed by atoms with Crippen LogP contribution in [0.3, 0.4) is 0 Å². The molecule has 1 amide bonds. The van der Waals surface area contributed by atoms with Crippen LogP contribution in [-0.2, 0) is 0 Å². The molecule has 6 heteroatoms. The zero-order chi connectivity index (χ0) is 12.4. The van der Waals surface area contributed by atoms with Gasteiger partial charge >= 0.3 is 0 Å². The number of aliphatic hydroxyl groups excluding tert-OH is 1. The number of rotatable bonds is 3. The van der Waals surface area contributed by atoms with Gasteiger partial charge < -0.3 is 15.7 Å². The van der Waals surface area contributed by atoms with E-state index in [0.717, 1.165) is 10.2 Å². The third-order valence-corrected chi connectivity index (χ3v) is 3.28. The molecule has 1 aromatic carbocycles. The molecule has 0 saturated carbocycles. The predicted octanol–water partition coefficient (Wildman–Crippen LogP) is 0.943. The third kappa shape index (κ3) is 2.37. The molecule has 2 rings (SSSR count). The number of benzene rings is 1. The topological polar surface area (TPSA) is 79.5 Å².